The van der Waals surface area contributed by atoms with E-state index in [4.69, 9.17) is 0 Å². The summed E-state index contributed by atoms with van der Waals surface area (Å²) in [6.07, 6.45) is 8.14. The fourth-order valence-corrected chi connectivity index (χ4v) is 2.81. The van der Waals surface area contributed by atoms with Crippen LogP contribution in [0.4, 0.5) is 5.95 Å². The highest BCUT2D eigenvalue weighted by Crippen LogP contribution is 2.34. The van der Waals surface area contributed by atoms with E-state index in [1.165, 1.54) is 32.4 Å². The summed E-state index contributed by atoms with van der Waals surface area (Å²) in [4.78, 5) is 7.10. The minimum Gasteiger partial charge on any atom is -0.355 e. The Morgan fingerprint density at radius 3 is 2.89 bits per heavy atom. The Balaban J connectivity index is 1.63. The lowest BCUT2D eigenvalue weighted by Gasteiger charge is -2.18. The van der Waals surface area contributed by atoms with E-state index in [1.807, 2.05) is 6.20 Å². The highest BCUT2D eigenvalue weighted by atomic mass is 15.3. The Labute approximate surface area is 109 Å². The molecule has 1 saturated heterocycles. The van der Waals surface area contributed by atoms with Gasteiger partial charge in [-0.05, 0) is 25.2 Å². The lowest BCUT2D eigenvalue weighted by atomic mass is 10.2. The number of likely N-dealkylation sites (tertiary alicyclic amines) is 1. The third kappa shape index (κ3) is 2.53. The van der Waals surface area contributed by atoms with E-state index in [-0.39, 0.29) is 0 Å². The van der Waals surface area contributed by atoms with Crippen LogP contribution in [0.25, 0.3) is 0 Å². The maximum Gasteiger partial charge on any atom is 0.203 e. The molecule has 1 aromatic rings. The van der Waals surface area contributed by atoms with E-state index in [0.29, 0.717) is 12.0 Å². The number of hydrogen-bond acceptors (Lipinski definition) is 3. The van der Waals surface area contributed by atoms with Crippen molar-refractivity contribution in [3.05, 3.63) is 12.4 Å². The molecule has 1 aromatic heterocycles. The van der Waals surface area contributed by atoms with Gasteiger partial charge in [0.1, 0.15) is 0 Å². The van der Waals surface area contributed by atoms with Crippen LogP contribution >= 0.6 is 0 Å². The third-order valence-electron chi connectivity index (χ3n) is 3.99. The van der Waals surface area contributed by atoms with Crippen molar-refractivity contribution in [2.75, 3.05) is 25.0 Å². The molecule has 0 radical (unpaired) electrons. The van der Waals surface area contributed by atoms with Gasteiger partial charge < -0.3 is 9.88 Å². The van der Waals surface area contributed by atoms with Crippen molar-refractivity contribution in [2.45, 2.75) is 45.2 Å². The van der Waals surface area contributed by atoms with Crippen molar-refractivity contribution < 1.29 is 0 Å². The number of nitrogens with one attached hydrogen (secondary N) is 1. The van der Waals surface area contributed by atoms with E-state index in [9.17, 15) is 0 Å². The van der Waals surface area contributed by atoms with E-state index in [0.717, 1.165) is 18.5 Å². The molecule has 1 aliphatic carbocycles. The van der Waals surface area contributed by atoms with Gasteiger partial charge in [-0.25, -0.2) is 4.98 Å². The Bertz CT molecular complexity index is 394. The van der Waals surface area contributed by atoms with E-state index in [1.54, 1.807) is 0 Å². The Kier molecular flexibility index (Phi) is 3.29. The van der Waals surface area contributed by atoms with E-state index in [2.05, 4.69) is 39.8 Å². The lowest BCUT2D eigenvalue weighted by molar-refractivity contribution is 0.314. The van der Waals surface area contributed by atoms with Crippen molar-refractivity contribution in [3.63, 3.8) is 0 Å². The van der Waals surface area contributed by atoms with Gasteiger partial charge in [-0.15, -0.1) is 0 Å². The maximum atomic E-state index is 4.45. The zero-order chi connectivity index (χ0) is 12.5. The molecule has 3 rings (SSSR count). The molecular formula is C14H24N4. The molecule has 2 fully saturated rings. The third-order valence-corrected chi connectivity index (χ3v) is 3.99. The van der Waals surface area contributed by atoms with Crippen LogP contribution in [0, 0.1) is 5.92 Å². The molecule has 0 bridgehead atoms. The van der Waals surface area contributed by atoms with Crippen molar-refractivity contribution in [2.24, 2.45) is 5.92 Å². The minimum absolute atomic E-state index is 0.614. The number of rotatable bonds is 5. The first-order valence-electron chi connectivity index (χ1n) is 7.25. The molecule has 1 N–H and O–H groups in total. The topological polar surface area (TPSA) is 33.1 Å². The smallest absolute Gasteiger partial charge is 0.203 e. The molecule has 2 aliphatic rings. The van der Waals surface area contributed by atoms with Gasteiger partial charge in [-0.1, -0.05) is 13.8 Å². The first-order chi connectivity index (χ1) is 8.74. The van der Waals surface area contributed by atoms with Gasteiger partial charge in [-0.2, -0.15) is 0 Å². The van der Waals surface area contributed by atoms with Crippen molar-refractivity contribution >= 4 is 5.95 Å². The van der Waals surface area contributed by atoms with Crippen molar-refractivity contribution in [1.82, 2.24) is 14.5 Å². The quantitative estimate of drug-likeness (QED) is 0.868. The molecule has 0 aromatic carbocycles. The second kappa shape index (κ2) is 4.92. The summed E-state index contributed by atoms with van der Waals surface area (Å²) in [7, 11) is 0. The second-order valence-corrected chi connectivity index (χ2v) is 6.10. The van der Waals surface area contributed by atoms with Crippen molar-refractivity contribution in [1.29, 1.82) is 0 Å². The number of hydrogen-bond donors (Lipinski definition) is 1. The van der Waals surface area contributed by atoms with Gasteiger partial charge >= 0.3 is 0 Å². The molecule has 4 nitrogen and oxygen atoms in total. The molecule has 18 heavy (non-hydrogen) atoms. The maximum absolute atomic E-state index is 4.45. The van der Waals surface area contributed by atoms with Crippen LogP contribution in [0.1, 0.15) is 39.2 Å². The van der Waals surface area contributed by atoms with Crippen LogP contribution in [0.2, 0.25) is 0 Å². The average Bonchev–Trinajstić information content (AvgIpc) is 2.92. The molecular weight excluding hydrogens is 224 g/mol. The van der Waals surface area contributed by atoms with Gasteiger partial charge in [0.15, 0.2) is 0 Å². The van der Waals surface area contributed by atoms with Gasteiger partial charge in [-0.3, -0.25) is 4.90 Å². The van der Waals surface area contributed by atoms with E-state index >= 15 is 0 Å². The molecule has 4 heteroatoms. The van der Waals surface area contributed by atoms with Crippen LogP contribution in [-0.2, 0) is 0 Å². The first kappa shape index (κ1) is 12.0. The van der Waals surface area contributed by atoms with Gasteiger partial charge in [0, 0.05) is 38.1 Å². The summed E-state index contributed by atoms with van der Waals surface area (Å²) in [6.45, 7) is 7.92. The summed E-state index contributed by atoms with van der Waals surface area (Å²) >= 11 is 0. The van der Waals surface area contributed by atoms with Gasteiger partial charge in [0.05, 0.1) is 6.04 Å². The molecule has 1 aliphatic heterocycles. The summed E-state index contributed by atoms with van der Waals surface area (Å²) < 4.78 is 2.34. The van der Waals surface area contributed by atoms with Crippen LogP contribution < -0.4 is 5.32 Å². The second-order valence-electron chi connectivity index (χ2n) is 6.10. The summed E-state index contributed by atoms with van der Waals surface area (Å²) in [6, 6.07) is 1.51. The van der Waals surface area contributed by atoms with Crippen LogP contribution in [0.3, 0.4) is 0 Å². The molecule has 0 amide bonds. The van der Waals surface area contributed by atoms with Crippen LogP contribution in [-0.4, -0.2) is 40.1 Å². The monoisotopic (exact) mass is 248 g/mol. The zero-order valence-corrected chi connectivity index (χ0v) is 11.5. The largest absolute Gasteiger partial charge is 0.355 e. The number of aromatic nitrogens is 2. The SMILES string of the molecule is CC(C)CNc1nccn1C1CCN(C2CC2)C1. The molecule has 1 atom stereocenters. The highest BCUT2D eigenvalue weighted by molar-refractivity contribution is 5.27. The minimum atomic E-state index is 0.614. The number of imidazole rings is 1. The number of anilines is 1. The Morgan fingerprint density at radius 2 is 2.17 bits per heavy atom. The summed E-state index contributed by atoms with van der Waals surface area (Å²) in [5.41, 5.74) is 0. The average molecular weight is 248 g/mol. The number of nitrogens with zero attached hydrogens (tertiary/aromatic N) is 3. The Morgan fingerprint density at radius 1 is 1.33 bits per heavy atom. The molecule has 100 valence electrons. The normalized spacial score (nSPS) is 24.9. The fraction of sp³-hybridized carbons (Fsp3) is 0.786. The van der Waals surface area contributed by atoms with Gasteiger partial charge in [0.25, 0.3) is 0 Å². The predicted octanol–water partition coefficient (Wildman–Crippen LogP) is 2.36. The lowest BCUT2D eigenvalue weighted by Crippen LogP contribution is -2.24. The zero-order valence-electron chi connectivity index (χ0n) is 11.5. The van der Waals surface area contributed by atoms with Crippen LogP contribution in [0.15, 0.2) is 12.4 Å². The first-order valence-corrected chi connectivity index (χ1v) is 7.25. The molecule has 0 spiro atoms. The fourth-order valence-electron chi connectivity index (χ4n) is 2.81. The van der Waals surface area contributed by atoms with Crippen molar-refractivity contribution in [3.8, 4) is 0 Å². The van der Waals surface area contributed by atoms with E-state index < -0.39 is 0 Å². The van der Waals surface area contributed by atoms with Crippen LogP contribution in [0.5, 0.6) is 0 Å². The molecule has 1 saturated carbocycles. The molecule has 1 unspecified atom stereocenters. The Hall–Kier alpha value is -1.03. The predicted molar refractivity (Wildman–Crippen MR) is 73.8 cm³/mol. The highest BCUT2D eigenvalue weighted by Gasteiger charge is 2.35. The molecule has 2 heterocycles. The summed E-state index contributed by atoms with van der Waals surface area (Å²) in [5, 5.41) is 3.46. The van der Waals surface area contributed by atoms with Gasteiger partial charge in [0.2, 0.25) is 5.95 Å². The summed E-state index contributed by atoms with van der Waals surface area (Å²) in [5.74, 6) is 1.70. The standard InChI is InChI=1S/C14H24N4/c1-11(2)9-16-14-15-6-8-18(14)13-5-7-17(10-13)12-3-4-12/h6,8,11-13H,3-5,7,9-10H2,1-2H3,(H,15,16).